The second-order valence-electron chi connectivity index (χ2n) is 3.35. The first kappa shape index (κ1) is 16.3. The summed E-state index contributed by atoms with van der Waals surface area (Å²) in [5, 5.41) is 8.93. The Bertz CT molecular complexity index is 408. The highest BCUT2D eigenvalue weighted by Gasteiger charge is 2.35. The van der Waals surface area contributed by atoms with Crippen molar-refractivity contribution in [2.24, 2.45) is 0 Å². The van der Waals surface area contributed by atoms with Gasteiger partial charge in [0.25, 0.3) is 0 Å². The zero-order valence-corrected chi connectivity index (χ0v) is 9.28. The highest BCUT2D eigenvalue weighted by Crippen LogP contribution is 2.32. The largest absolute Gasteiger partial charge is 0.508 e. The molecule has 0 aromatic rings. The molecule has 0 rings (SSSR count). The summed E-state index contributed by atoms with van der Waals surface area (Å²) in [6, 6.07) is 0. The van der Waals surface area contributed by atoms with E-state index in [1.165, 1.54) is 0 Å². The number of aliphatic hydroxyl groups excluding tert-OH is 1. The Hall–Kier alpha value is -1.66. The molecule has 7 heteroatoms. The first-order valence-electron chi connectivity index (χ1n) is 4.48. The molecule has 0 saturated heterocycles. The van der Waals surface area contributed by atoms with Gasteiger partial charge in [-0.05, 0) is 6.92 Å². The summed E-state index contributed by atoms with van der Waals surface area (Å²) in [4.78, 5) is 0. The molecule has 0 unspecified atom stereocenters. The molecule has 102 valence electrons. The zero-order valence-electron chi connectivity index (χ0n) is 9.28. The molecule has 0 aromatic carbocycles. The van der Waals surface area contributed by atoms with Crippen molar-refractivity contribution in [1.29, 1.82) is 0 Å². The minimum Gasteiger partial charge on any atom is -0.508 e. The molecule has 0 aliphatic heterocycles. The summed E-state index contributed by atoms with van der Waals surface area (Å²) in [6.07, 6.45) is -8.63. The Morgan fingerprint density at radius 3 is 1.67 bits per heavy atom. The predicted octanol–water partition coefficient (Wildman–Crippen LogP) is 4.61. The van der Waals surface area contributed by atoms with Gasteiger partial charge in [-0.15, -0.1) is 0 Å². The van der Waals surface area contributed by atoms with Crippen molar-refractivity contribution in [2.45, 2.75) is 19.3 Å². The van der Waals surface area contributed by atoms with Crippen molar-refractivity contribution >= 4 is 0 Å². The van der Waals surface area contributed by atoms with Gasteiger partial charge in [0.1, 0.15) is 5.76 Å². The van der Waals surface area contributed by atoms with Gasteiger partial charge in [0.2, 0.25) is 0 Å². The monoisotopic (exact) mass is 272 g/mol. The van der Waals surface area contributed by atoms with Crippen LogP contribution in [0.15, 0.2) is 47.8 Å². The van der Waals surface area contributed by atoms with Gasteiger partial charge in [-0.1, -0.05) is 25.3 Å². The van der Waals surface area contributed by atoms with Crippen LogP contribution >= 0.6 is 0 Å². The summed E-state index contributed by atoms with van der Waals surface area (Å²) in [6.45, 7) is 6.19. The van der Waals surface area contributed by atoms with Gasteiger partial charge in [0, 0.05) is 11.1 Å². The standard InChI is InChI=1S/C11H10F6O/c1-6(10(12,13)14)4-5-9(8(3)18)7(2)11(15,16)17/h4-5,18H,2-3H2,1H3/b6-4+,9-5+. The Morgan fingerprint density at radius 2 is 1.39 bits per heavy atom. The number of aliphatic hydroxyl groups is 1. The molecule has 0 bridgehead atoms. The first-order chi connectivity index (χ1) is 7.87. The fourth-order valence-corrected chi connectivity index (χ4v) is 0.826. The molecule has 1 nitrogen and oxygen atoms in total. The lowest BCUT2D eigenvalue weighted by Gasteiger charge is -2.12. The van der Waals surface area contributed by atoms with Gasteiger partial charge in [-0.3, -0.25) is 0 Å². The van der Waals surface area contributed by atoms with Gasteiger partial charge in [-0.2, -0.15) is 26.3 Å². The third kappa shape index (κ3) is 4.68. The number of hydrogen-bond donors (Lipinski definition) is 1. The van der Waals surface area contributed by atoms with Crippen molar-refractivity contribution in [3.63, 3.8) is 0 Å². The highest BCUT2D eigenvalue weighted by atomic mass is 19.4. The Kier molecular flexibility index (Phi) is 4.83. The lowest BCUT2D eigenvalue weighted by Crippen LogP contribution is -2.14. The molecule has 1 N–H and O–H groups in total. The molecule has 0 radical (unpaired) electrons. The molecule has 0 fully saturated rings. The predicted molar refractivity (Wildman–Crippen MR) is 54.9 cm³/mol. The summed E-state index contributed by atoms with van der Waals surface area (Å²) in [5.74, 6) is -1.01. The fourth-order valence-electron chi connectivity index (χ4n) is 0.826. The summed E-state index contributed by atoms with van der Waals surface area (Å²) >= 11 is 0. The Morgan fingerprint density at radius 1 is 0.944 bits per heavy atom. The van der Waals surface area contributed by atoms with Crippen LogP contribution < -0.4 is 0 Å². The maximum absolute atomic E-state index is 12.3. The van der Waals surface area contributed by atoms with Gasteiger partial charge < -0.3 is 5.11 Å². The van der Waals surface area contributed by atoms with E-state index >= 15 is 0 Å². The van der Waals surface area contributed by atoms with Crippen LogP contribution in [0.2, 0.25) is 0 Å². The van der Waals surface area contributed by atoms with E-state index in [1.807, 2.05) is 0 Å². The van der Waals surface area contributed by atoms with Crippen molar-refractivity contribution in [3.05, 3.63) is 47.8 Å². The van der Waals surface area contributed by atoms with E-state index in [0.29, 0.717) is 19.1 Å². The molecule has 0 aromatic heterocycles. The van der Waals surface area contributed by atoms with Crippen molar-refractivity contribution in [1.82, 2.24) is 0 Å². The van der Waals surface area contributed by atoms with Crippen LogP contribution in [0.25, 0.3) is 0 Å². The van der Waals surface area contributed by atoms with Crippen LogP contribution in [-0.4, -0.2) is 17.5 Å². The quantitative estimate of drug-likeness (QED) is 0.452. The number of allylic oxidation sites excluding steroid dienone is 4. The van der Waals surface area contributed by atoms with Crippen LogP contribution in [0.4, 0.5) is 26.3 Å². The van der Waals surface area contributed by atoms with Gasteiger partial charge >= 0.3 is 12.4 Å². The summed E-state index contributed by atoms with van der Waals surface area (Å²) < 4.78 is 73.2. The molecular weight excluding hydrogens is 262 g/mol. The van der Waals surface area contributed by atoms with E-state index in [4.69, 9.17) is 5.11 Å². The van der Waals surface area contributed by atoms with Crippen molar-refractivity contribution < 1.29 is 31.4 Å². The number of alkyl halides is 6. The Balaban J connectivity index is 5.43. The highest BCUT2D eigenvalue weighted by molar-refractivity contribution is 5.45. The summed E-state index contributed by atoms with van der Waals surface area (Å²) in [7, 11) is 0. The minimum absolute atomic E-state index is 0.410. The van der Waals surface area contributed by atoms with Crippen LogP contribution in [-0.2, 0) is 0 Å². The van der Waals surface area contributed by atoms with E-state index in [0.717, 1.165) is 0 Å². The molecule has 0 saturated carbocycles. The van der Waals surface area contributed by atoms with E-state index in [-0.39, 0.29) is 0 Å². The molecule has 0 aliphatic rings. The maximum Gasteiger partial charge on any atom is 0.416 e. The maximum atomic E-state index is 12.3. The van der Waals surface area contributed by atoms with Gasteiger partial charge in [0.15, 0.2) is 0 Å². The molecule has 18 heavy (non-hydrogen) atoms. The van der Waals surface area contributed by atoms with Crippen molar-refractivity contribution in [3.8, 4) is 0 Å². The van der Waals surface area contributed by atoms with Crippen LogP contribution in [0.1, 0.15) is 6.92 Å². The van der Waals surface area contributed by atoms with E-state index in [1.54, 1.807) is 0 Å². The van der Waals surface area contributed by atoms with Gasteiger partial charge in [0.05, 0.1) is 5.57 Å². The number of rotatable bonds is 3. The molecule has 0 spiro atoms. The molecule has 0 aliphatic carbocycles. The zero-order chi connectivity index (χ0) is 14.7. The topological polar surface area (TPSA) is 20.2 Å². The molecular formula is C11H10F6O. The third-order valence-electron chi connectivity index (χ3n) is 1.93. The molecule has 0 amide bonds. The van der Waals surface area contributed by atoms with Crippen LogP contribution in [0, 0.1) is 0 Å². The lowest BCUT2D eigenvalue weighted by molar-refractivity contribution is -0.0913. The average Bonchev–Trinajstić information content (AvgIpc) is 2.13. The fraction of sp³-hybridized carbons (Fsp3) is 0.273. The normalized spacial score (nSPS) is 14.6. The molecule has 0 heterocycles. The lowest BCUT2D eigenvalue weighted by atomic mass is 10.0. The SMILES string of the molecule is C=C(O)/C(=C/C=C(\C)C(F)(F)F)C(=C)C(F)(F)F. The smallest absolute Gasteiger partial charge is 0.416 e. The third-order valence-corrected chi connectivity index (χ3v) is 1.93. The van der Waals surface area contributed by atoms with E-state index in [2.05, 4.69) is 13.2 Å². The molecule has 0 atom stereocenters. The van der Waals surface area contributed by atoms with Crippen LogP contribution in [0.3, 0.4) is 0 Å². The van der Waals surface area contributed by atoms with E-state index in [9.17, 15) is 26.3 Å². The van der Waals surface area contributed by atoms with Crippen molar-refractivity contribution in [2.75, 3.05) is 0 Å². The summed E-state index contributed by atoms with van der Waals surface area (Å²) in [5.41, 5.74) is -3.48. The number of halogens is 6. The van der Waals surface area contributed by atoms with E-state index < -0.39 is 34.8 Å². The second-order valence-corrected chi connectivity index (χ2v) is 3.35. The van der Waals surface area contributed by atoms with Gasteiger partial charge in [-0.25, -0.2) is 0 Å². The Labute approximate surface area is 99.4 Å². The minimum atomic E-state index is -4.86. The second kappa shape index (κ2) is 5.32. The average molecular weight is 272 g/mol. The first-order valence-corrected chi connectivity index (χ1v) is 4.48. The number of hydrogen-bond acceptors (Lipinski definition) is 1. The van der Waals surface area contributed by atoms with Crippen LogP contribution in [0.5, 0.6) is 0 Å².